The zero-order valence-electron chi connectivity index (χ0n) is 10.3. The van der Waals surface area contributed by atoms with Crippen molar-refractivity contribution in [1.29, 1.82) is 0 Å². The summed E-state index contributed by atoms with van der Waals surface area (Å²) in [7, 11) is 1.86. The summed E-state index contributed by atoms with van der Waals surface area (Å²) < 4.78 is 26.8. The number of alkyl halides is 2. The molecular weight excluding hydrogens is 208 g/mol. The molecule has 0 aliphatic rings. The van der Waals surface area contributed by atoms with E-state index >= 15 is 0 Å². The molecule has 0 aromatic heterocycles. The topological polar surface area (TPSA) is 12.0 Å². The van der Waals surface area contributed by atoms with Crippen molar-refractivity contribution >= 4 is 0 Å². The third kappa shape index (κ3) is 2.59. The number of rotatable bonds is 4. The van der Waals surface area contributed by atoms with Gasteiger partial charge in [-0.1, -0.05) is 31.2 Å². The van der Waals surface area contributed by atoms with Crippen molar-refractivity contribution in [2.75, 3.05) is 7.05 Å². The van der Waals surface area contributed by atoms with E-state index < -0.39 is 5.92 Å². The maximum Gasteiger partial charge on any atom is 0.273 e. The average Bonchev–Trinajstić information content (AvgIpc) is 2.29. The molecule has 1 rings (SSSR count). The van der Waals surface area contributed by atoms with Crippen LogP contribution in [0, 0.1) is 0 Å². The standard InChI is InChI=1S/C13H19F2N/c1-5-13(14,15)11-8-6-10(7-9-11)12(2,3)16-4/h6-9,16H,5H2,1-4H3. The summed E-state index contributed by atoms with van der Waals surface area (Å²) in [5.74, 6) is -2.72. The molecule has 0 unspecified atom stereocenters. The monoisotopic (exact) mass is 227 g/mol. The maximum atomic E-state index is 13.4. The predicted molar refractivity (Wildman–Crippen MR) is 62.7 cm³/mol. The zero-order chi connectivity index (χ0) is 12.4. The van der Waals surface area contributed by atoms with Crippen LogP contribution in [0.15, 0.2) is 24.3 Å². The molecule has 0 radical (unpaired) electrons. The Morgan fingerprint density at radius 1 is 1.06 bits per heavy atom. The second-order valence-electron chi connectivity index (χ2n) is 4.51. The Labute approximate surface area is 95.9 Å². The lowest BCUT2D eigenvalue weighted by molar-refractivity contribution is -0.00831. The fraction of sp³-hybridized carbons (Fsp3) is 0.538. The van der Waals surface area contributed by atoms with Gasteiger partial charge >= 0.3 is 0 Å². The van der Waals surface area contributed by atoms with Gasteiger partial charge in [-0.3, -0.25) is 0 Å². The molecule has 0 heterocycles. The molecule has 1 N–H and O–H groups in total. The van der Waals surface area contributed by atoms with E-state index in [1.165, 1.54) is 19.1 Å². The second kappa shape index (κ2) is 4.50. The van der Waals surface area contributed by atoms with E-state index in [0.29, 0.717) is 0 Å². The number of hydrogen-bond donors (Lipinski definition) is 1. The molecule has 1 aromatic rings. The van der Waals surface area contributed by atoms with Crippen LogP contribution < -0.4 is 5.32 Å². The van der Waals surface area contributed by atoms with Gasteiger partial charge in [0.05, 0.1) is 0 Å². The lowest BCUT2D eigenvalue weighted by Crippen LogP contribution is -2.33. The van der Waals surface area contributed by atoms with Crippen LogP contribution in [0.2, 0.25) is 0 Å². The van der Waals surface area contributed by atoms with Crippen LogP contribution in [-0.2, 0) is 11.5 Å². The molecule has 1 aromatic carbocycles. The van der Waals surface area contributed by atoms with Crippen LogP contribution in [0.25, 0.3) is 0 Å². The number of nitrogens with one attached hydrogen (secondary N) is 1. The Balaban J connectivity index is 3.00. The summed E-state index contributed by atoms with van der Waals surface area (Å²) in [6.45, 7) is 5.52. The van der Waals surface area contributed by atoms with E-state index in [0.717, 1.165) is 5.56 Å². The molecule has 0 saturated heterocycles. The maximum absolute atomic E-state index is 13.4. The van der Waals surface area contributed by atoms with Crippen LogP contribution in [0.5, 0.6) is 0 Å². The van der Waals surface area contributed by atoms with E-state index in [9.17, 15) is 8.78 Å². The SMILES string of the molecule is CCC(F)(F)c1ccc(C(C)(C)NC)cc1. The van der Waals surface area contributed by atoms with Crippen molar-refractivity contribution < 1.29 is 8.78 Å². The molecule has 1 nitrogen and oxygen atoms in total. The highest BCUT2D eigenvalue weighted by Crippen LogP contribution is 2.32. The van der Waals surface area contributed by atoms with Gasteiger partial charge < -0.3 is 5.32 Å². The summed E-state index contributed by atoms with van der Waals surface area (Å²) in [6, 6.07) is 6.54. The summed E-state index contributed by atoms with van der Waals surface area (Å²) in [5, 5.41) is 3.14. The molecule has 0 spiro atoms. The van der Waals surface area contributed by atoms with Crippen LogP contribution in [0.4, 0.5) is 8.78 Å². The minimum Gasteiger partial charge on any atom is -0.311 e. The lowest BCUT2D eigenvalue weighted by atomic mass is 9.92. The smallest absolute Gasteiger partial charge is 0.273 e. The van der Waals surface area contributed by atoms with Crippen molar-refractivity contribution in [2.24, 2.45) is 0 Å². The van der Waals surface area contributed by atoms with Gasteiger partial charge in [0.15, 0.2) is 0 Å². The van der Waals surface area contributed by atoms with Crippen molar-refractivity contribution in [3.63, 3.8) is 0 Å². The normalized spacial score (nSPS) is 12.9. The van der Waals surface area contributed by atoms with E-state index in [1.807, 2.05) is 20.9 Å². The molecule has 0 amide bonds. The zero-order valence-corrected chi connectivity index (χ0v) is 10.3. The third-order valence-corrected chi connectivity index (χ3v) is 3.10. The van der Waals surface area contributed by atoms with Crippen molar-refractivity contribution in [2.45, 2.75) is 38.7 Å². The highest BCUT2D eigenvalue weighted by Gasteiger charge is 2.29. The first kappa shape index (κ1) is 13.1. The Bertz CT molecular complexity index is 306. The number of halogens is 2. The quantitative estimate of drug-likeness (QED) is 0.828. The largest absolute Gasteiger partial charge is 0.311 e. The van der Waals surface area contributed by atoms with Gasteiger partial charge in [0, 0.05) is 17.5 Å². The van der Waals surface area contributed by atoms with Crippen LogP contribution >= 0.6 is 0 Å². The Kier molecular flexibility index (Phi) is 3.68. The molecule has 16 heavy (non-hydrogen) atoms. The molecular formula is C13H19F2N. The highest BCUT2D eigenvalue weighted by molar-refractivity contribution is 5.29. The fourth-order valence-electron chi connectivity index (χ4n) is 1.48. The lowest BCUT2D eigenvalue weighted by Gasteiger charge is -2.25. The van der Waals surface area contributed by atoms with E-state index in [1.54, 1.807) is 12.1 Å². The van der Waals surface area contributed by atoms with Gasteiger partial charge in [-0.2, -0.15) is 0 Å². The first-order valence-electron chi connectivity index (χ1n) is 5.51. The van der Waals surface area contributed by atoms with Gasteiger partial charge in [-0.25, -0.2) is 8.78 Å². The van der Waals surface area contributed by atoms with Crippen LogP contribution in [0.3, 0.4) is 0 Å². The highest BCUT2D eigenvalue weighted by atomic mass is 19.3. The molecule has 0 aliphatic heterocycles. The van der Waals surface area contributed by atoms with Crippen LogP contribution in [-0.4, -0.2) is 7.05 Å². The molecule has 0 aliphatic carbocycles. The predicted octanol–water partition coefficient (Wildman–Crippen LogP) is 3.64. The average molecular weight is 227 g/mol. The Morgan fingerprint density at radius 3 is 1.88 bits per heavy atom. The van der Waals surface area contributed by atoms with Gasteiger partial charge in [-0.05, 0) is 26.5 Å². The van der Waals surface area contributed by atoms with Gasteiger partial charge in [0.2, 0.25) is 0 Å². The van der Waals surface area contributed by atoms with Gasteiger partial charge in [0.25, 0.3) is 5.92 Å². The summed E-state index contributed by atoms with van der Waals surface area (Å²) >= 11 is 0. The molecule has 0 atom stereocenters. The van der Waals surface area contributed by atoms with E-state index in [2.05, 4.69) is 5.32 Å². The van der Waals surface area contributed by atoms with Gasteiger partial charge in [-0.15, -0.1) is 0 Å². The van der Waals surface area contributed by atoms with E-state index in [4.69, 9.17) is 0 Å². The second-order valence-corrected chi connectivity index (χ2v) is 4.51. The molecule has 90 valence electrons. The minimum atomic E-state index is -2.72. The summed E-state index contributed by atoms with van der Waals surface area (Å²) in [6.07, 6.45) is -0.165. The number of benzene rings is 1. The molecule has 3 heteroatoms. The third-order valence-electron chi connectivity index (χ3n) is 3.10. The van der Waals surface area contributed by atoms with Crippen molar-refractivity contribution in [3.05, 3.63) is 35.4 Å². The van der Waals surface area contributed by atoms with Gasteiger partial charge in [0.1, 0.15) is 0 Å². The van der Waals surface area contributed by atoms with E-state index in [-0.39, 0.29) is 17.5 Å². The minimum absolute atomic E-state index is 0.0886. The Morgan fingerprint density at radius 2 is 1.50 bits per heavy atom. The van der Waals surface area contributed by atoms with Crippen molar-refractivity contribution in [3.8, 4) is 0 Å². The first-order chi connectivity index (χ1) is 7.33. The summed E-state index contributed by atoms with van der Waals surface area (Å²) in [5.41, 5.74) is 0.899. The molecule has 0 saturated carbocycles. The fourth-order valence-corrected chi connectivity index (χ4v) is 1.48. The van der Waals surface area contributed by atoms with Crippen LogP contribution in [0.1, 0.15) is 38.3 Å². The van der Waals surface area contributed by atoms with Crippen molar-refractivity contribution in [1.82, 2.24) is 5.32 Å². The Hall–Kier alpha value is -0.960. The molecule has 0 bridgehead atoms. The first-order valence-corrected chi connectivity index (χ1v) is 5.51. The number of hydrogen-bond acceptors (Lipinski definition) is 1. The summed E-state index contributed by atoms with van der Waals surface area (Å²) in [4.78, 5) is 0. The molecule has 0 fully saturated rings.